The largest absolute Gasteiger partial charge is 0.464 e. The van der Waals surface area contributed by atoms with Gasteiger partial charge in [0, 0.05) is 41.5 Å². The smallest absolute Gasteiger partial charge is 0.246 e. The summed E-state index contributed by atoms with van der Waals surface area (Å²) in [5, 5.41) is 6.19. The number of aromatic nitrogens is 3. The quantitative estimate of drug-likeness (QED) is 0.388. The molecule has 0 spiro atoms. The topological polar surface area (TPSA) is 67.4 Å². The van der Waals surface area contributed by atoms with Crippen LogP contribution < -0.4 is 0 Å². The van der Waals surface area contributed by atoms with Crippen molar-refractivity contribution in [2.75, 3.05) is 20.6 Å². The van der Waals surface area contributed by atoms with Gasteiger partial charge >= 0.3 is 0 Å². The maximum absolute atomic E-state index is 13.4. The van der Waals surface area contributed by atoms with E-state index in [1.165, 1.54) is 12.8 Å². The maximum Gasteiger partial charge on any atom is 0.246 e. The molecule has 4 heterocycles. The van der Waals surface area contributed by atoms with Gasteiger partial charge in [-0.25, -0.2) is 0 Å². The van der Waals surface area contributed by atoms with Gasteiger partial charge in [0.2, 0.25) is 5.91 Å². The summed E-state index contributed by atoms with van der Waals surface area (Å²) < 4.78 is 8.01. The van der Waals surface area contributed by atoms with Crippen molar-refractivity contribution >= 4 is 16.9 Å². The minimum absolute atomic E-state index is 0.0755. The molecule has 0 saturated heterocycles. The first-order valence-corrected chi connectivity index (χ1v) is 12.2. The SMILES string of the molecule is CN(C)C/C=C/C(=O)N1Cc2c(-c3ccncc3)c(-c3cccc4ccoc34)nn2C[C@@H]1C1CC1. The summed E-state index contributed by atoms with van der Waals surface area (Å²) in [6.07, 6.45) is 11.4. The van der Waals surface area contributed by atoms with Crippen molar-refractivity contribution in [3.63, 3.8) is 0 Å². The highest BCUT2D eigenvalue weighted by molar-refractivity contribution is 5.96. The molecule has 0 N–H and O–H groups in total. The molecule has 7 nitrogen and oxygen atoms in total. The Morgan fingerprint density at radius 1 is 1.17 bits per heavy atom. The molecule has 1 aliphatic heterocycles. The third-order valence-corrected chi connectivity index (χ3v) is 7.02. The fraction of sp³-hybridized carbons (Fsp3) is 0.321. The van der Waals surface area contributed by atoms with E-state index in [4.69, 9.17) is 9.52 Å². The summed E-state index contributed by atoms with van der Waals surface area (Å²) in [5.41, 5.74) is 5.82. The number of furan rings is 1. The van der Waals surface area contributed by atoms with Crippen molar-refractivity contribution in [3.05, 3.63) is 72.9 Å². The van der Waals surface area contributed by atoms with Gasteiger partial charge in [-0.2, -0.15) is 5.10 Å². The van der Waals surface area contributed by atoms with E-state index in [0.717, 1.165) is 45.6 Å². The molecule has 178 valence electrons. The number of fused-ring (bicyclic) bond motifs is 2. The molecule has 2 aliphatic rings. The summed E-state index contributed by atoms with van der Waals surface area (Å²) in [5.74, 6) is 0.617. The summed E-state index contributed by atoms with van der Waals surface area (Å²) in [6, 6.07) is 12.3. The van der Waals surface area contributed by atoms with Crippen LogP contribution in [0.1, 0.15) is 18.5 Å². The molecule has 1 fully saturated rings. The fourth-order valence-corrected chi connectivity index (χ4v) is 5.14. The molecule has 0 bridgehead atoms. The van der Waals surface area contributed by atoms with Gasteiger partial charge in [-0.05, 0) is 62.7 Å². The number of carbonyl (C=O) groups excluding carboxylic acids is 1. The van der Waals surface area contributed by atoms with Crippen molar-refractivity contribution in [1.29, 1.82) is 0 Å². The standard InChI is InChI=1S/C28H29N5O2/c1-31(2)15-4-7-25(34)32-17-24-26(20-10-13-29-14-11-20)27(30-33(24)18-23(32)19-8-9-19)22-6-3-5-21-12-16-35-28(21)22/h3-7,10-14,16,19,23H,8-9,15,17-18H2,1-2H3/b7-4+/t23-/m1/s1. The Bertz CT molecular complexity index is 1400. The van der Waals surface area contributed by atoms with Crippen LogP contribution in [0.3, 0.4) is 0 Å². The first-order valence-electron chi connectivity index (χ1n) is 12.2. The number of carbonyl (C=O) groups is 1. The third kappa shape index (κ3) is 4.06. The predicted octanol–water partition coefficient (Wildman–Crippen LogP) is 4.60. The number of benzene rings is 1. The Balaban J connectivity index is 1.47. The second-order valence-corrected chi connectivity index (χ2v) is 9.77. The van der Waals surface area contributed by atoms with Crippen LogP contribution in [0.4, 0.5) is 0 Å². The lowest BCUT2D eigenvalue weighted by atomic mass is 9.97. The van der Waals surface area contributed by atoms with Crippen molar-refractivity contribution in [3.8, 4) is 22.4 Å². The van der Waals surface area contributed by atoms with Gasteiger partial charge < -0.3 is 14.2 Å². The van der Waals surface area contributed by atoms with E-state index in [0.29, 0.717) is 19.0 Å². The Kier molecular flexibility index (Phi) is 5.49. The number of para-hydroxylation sites is 1. The lowest BCUT2D eigenvalue weighted by Crippen LogP contribution is -2.47. The molecular weight excluding hydrogens is 438 g/mol. The van der Waals surface area contributed by atoms with E-state index in [1.807, 2.05) is 50.5 Å². The van der Waals surface area contributed by atoms with Gasteiger partial charge in [0.05, 0.1) is 31.1 Å². The molecule has 0 unspecified atom stereocenters. The van der Waals surface area contributed by atoms with Gasteiger partial charge in [0.15, 0.2) is 0 Å². The second-order valence-electron chi connectivity index (χ2n) is 9.77. The van der Waals surface area contributed by atoms with Crippen LogP contribution in [0.25, 0.3) is 33.4 Å². The van der Waals surface area contributed by atoms with Crippen LogP contribution in [0.2, 0.25) is 0 Å². The average Bonchev–Trinajstić information content (AvgIpc) is 3.47. The lowest BCUT2D eigenvalue weighted by Gasteiger charge is -2.36. The average molecular weight is 468 g/mol. The number of likely N-dealkylation sites (N-methyl/N-ethyl adjacent to an activating group) is 1. The molecule has 1 amide bonds. The van der Waals surface area contributed by atoms with Crippen LogP contribution in [0.15, 0.2) is 71.6 Å². The minimum atomic E-state index is 0.0755. The van der Waals surface area contributed by atoms with Crippen molar-refractivity contribution in [2.45, 2.75) is 32.0 Å². The fourth-order valence-electron chi connectivity index (χ4n) is 5.14. The molecule has 1 saturated carbocycles. The van der Waals surface area contributed by atoms with E-state index in [-0.39, 0.29) is 11.9 Å². The first-order chi connectivity index (χ1) is 17.1. The Morgan fingerprint density at radius 3 is 2.77 bits per heavy atom. The van der Waals surface area contributed by atoms with E-state index in [2.05, 4.69) is 25.5 Å². The minimum Gasteiger partial charge on any atom is -0.464 e. The van der Waals surface area contributed by atoms with Gasteiger partial charge in [-0.15, -0.1) is 0 Å². The van der Waals surface area contributed by atoms with E-state index in [9.17, 15) is 4.79 Å². The number of nitrogens with zero attached hydrogens (tertiary/aromatic N) is 5. The molecule has 1 aromatic carbocycles. The van der Waals surface area contributed by atoms with E-state index < -0.39 is 0 Å². The summed E-state index contributed by atoms with van der Waals surface area (Å²) in [6.45, 7) is 1.98. The monoisotopic (exact) mass is 467 g/mol. The van der Waals surface area contributed by atoms with E-state index in [1.54, 1.807) is 24.7 Å². The lowest BCUT2D eigenvalue weighted by molar-refractivity contribution is -0.130. The summed E-state index contributed by atoms with van der Waals surface area (Å²) in [4.78, 5) is 21.7. The highest BCUT2D eigenvalue weighted by atomic mass is 16.3. The second kappa shape index (κ2) is 8.82. The molecule has 7 heteroatoms. The van der Waals surface area contributed by atoms with Crippen LogP contribution in [0.5, 0.6) is 0 Å². The summed E-state index contributed by atoms with van der Waals surface area (Å²) >= 11 is 0. The zero-order chi connectivity index (χ0) is 23.9. The van der Waals surface area contributed by atoms with Crippen molar-refractivity contribution in [1.82, 2.24) is 24.6 Å². The predicted molar refractivity (Wildman–Crippen MR) is 135 cm³/mol. The van der Waals surface area contributed by atoms with Gasteiger partial charge in [-0.3, -0.25) is 14.5 Å². The van der Waals surface area contributed by atoms with Gasteiger partial charge in [-0.1, -0.05) is 18.2 Å². The van der Waals surface area contributed by atoms with Crippen LogP contribution >= 0.6 is 0 Å². The number of amides is 1. The molecule has 1 atom stereocenters. The van der Waals surface area contributed by atoms with Crippen molar-refractivity contribution in [2.24, 2.45) is 5.92 Å². The molecule has 0 radical (unpaired) electrons. The van der Waals surface area contributed by atoms with E-state index >= 15 is 0 Å². The number of hydrogen-bond donors (Lipinski definition) is 0. The number of rotatable bonds is 6. The number of hydrogen-bond acceptors (Lipinski definition) is 5. The highest BCUT2D eigenvalue weighted by Gasteiger charge is 2.41. The van der Waals surface area contributed by atoms with Crippen LogP contribution in [-0.2, 0) is 17.9 Å². The number of pyridine rings is 1. The van der Waals surface area contributed by atoms with Crippen molar-refractivity contribution < 1.29 is 9.21 Å². The Hall–Kier alpha value is -3.71. The highest BCUT2D eigenvalue weighted by Crippen LogP contribution is 2.43. The third-order valence-electron chi connectivity index (χ3n) is 7.02. The summed E-state index contributed by atoms with van der Waals surface area (Å²) in [7, 11) is 4.01. The molecule has 1 aliphatic carbocycles. The molecule has 6 rings (SSSR count). The first kappa shape index (κ1) is 21.8. The Labute approximate surface area is 204 Å². The van der Waals surface area contributed by atoms with Crippen LogP contribution in [0, 0.1) is 5.92 Å². The molecule has 35 heavy (non-hydrogen) atoms. The van der Waals surface area contributed by atoms with Gasteiger partial charge in [0.1, 0.15) is 11.3 Å². The molecule has 3 aromatic heterocycles. The maximum atomic E-state index is 13.4. The van der Waals surface area contributed by atoms with Crippen LogP contribution in [-0.4, -0.2) is 57.2 Å². The molecule has 4 aromatic rings. The normalized spacial score (nSPS) is 18.0. The Morgan fingerprint density at radius 2 is 2.00 bits per heavy atom. The van der Waals surface area contributed by atoms with Gasteiger partial charge in [0.25, 0.3) is 0 Å². The zero-order valence-corrected chi connectivity index (χ0v) is 20.1. The molecular formula is C28H29N5O2. The zero-order valence-electron chi connectivity index (χ0n) is 20.1.